The second kappa shape index (κ2) is 11.9. The predicted octanol–water partition coefficient (Wildman–Crippen LogP) is 4.36. The van der Waals surface area contributed by atoms with E-state index in [1.54, 1.807) is 31.2 Å². The van der Waals surface area contributed by atoms with Crippen LogP contribution in [0.5, 0.6) is 5.75 Å². The lowest BCUT2D eigenvalue weighted by molar-refractivity contribution is -0.137. The van der Waals surface area contributed by atoms with E-state index in [1.807, 2.05) is 0 Å². The molecule has 1 aliphatic heterocycles. The van der Waals surface area contributed by atoms with Crippen LogP contribution in [0, 0.1) is 6.92 Å². The number of rotatable bonds is 11. The van der Waals surface area contributed by atoms with Gasteiger partial charge in [-0.05, 0) is 43.9 Å². The molecule has 39 heavy (non-hydrogen) atoms. The molecule has 2 heterocycles. The maximum atomic E-state index is 13.0. The Kier molecular flexibility index (Phi) is 8.82. The number of hydrogen-bond acceptors (Lipinski definition) is 6. The number of carboxylic acids is 1. The van der Waals surface area contributed by atoms with Crippen molar-refractivity contribution in [1.29, 1.82) is 0 Å². The van der Waals surface area contributed by atoms with Crippen LogP contribution in [0.3, 0.4) is 0 Å². The molecule has 0 saturated carbocycles. The molecule has 1 unspecified atom stereocenters. The predicted molar refractivity (Wildman–Crippen MR) is 135 cm³/mol. The number of allylic oxidation sites excluding steroid dienone is 4. The third-order valence-corrected chi connectivity index (χ3v) is 8.48. The molecule has 2 aliphatic rings. The largest absolute Gasteiger partial charge is 0.493 e. The van der Waals surface area contributed by atoms with Crippen LogP contribution in [0.4, 0.5) is 13.2 Å². The van der Waals surface area contributed by atoms with Crippen molar-refractivity contribution < 1.29 is 40.6 Å². The zero-order chi connectivity index (χ0) is 28.2. The third kappa shape index (κ3) is 7.28. The zero-order valence-electron chi connectivity index (χ0n) is 21.4. The Labute approximate surface area is 224 Å². The molecule has 13 heteroatoms. The van der Waals surface area contributed by atoms with Gasteiger partial charge >= 0.3 is 12.1 Å². The van der Waals surface area contributed by atoms with Crippen LogP contribution in [-0.4, -0.2) is 65.5 Å². The molecule has 1 atom stereocenters. The van der Waals surface area contributed by atoms with Crippen molar-refractivity contribution in [3.8, 4) is 5.75 Å². The molecule has 1 aromatic heterocycles. The van der Waals surface area contributed by atoms with E-state index in [-0.39, 0.29) is 25.5 Å². The summed E-state index contributed by atoms with van der Waals surface area (Å²) in [5.74, 6) is -0.253. The first-order valence-corrected chi connectivity index (χ1v) is 13.9. The number of carbonyl (C=O) groups is 1. The summed E-state index contributed by atoms with van der Waals surface area (Å²) in [7, 11) is -3.92. The lowest BCUT2D eigenvalue weighted by Crippen LogP contribution is -2.44. The van der Waals surface area contributed by atoms with E-state index in [0.29, 0.717) is 48.2 Å². The van der Waals surface area contributed by atoms with Gasteiger partial charge in [0.05, 0.1) is 23.8 Å². The van der Waals surface area contributed by atoms with Crippen LogP contribution in [0.25, 0.3) is 0 Å². The number of aliphatic carboxylic acids is 1. The lowest BCUT2D eigenvalue weighted by atomic mass is 9.96. The first kappa shape index (κ1) is 28.8. The molecule has 0 amide bonds. The van der Waals surface area contributed by atoms with Gasteiger partial charge < -0.3 is 14.3 Å². The molecule has 212 valence electrons. The van der Waals surface area contributed by atoms with Gasteiger partial charge in [0.1, 0.15) is 18.1 Å². The first-order chi connectivity index (χ1) is 18.4. The number of alkyl halides is 3. The Balaban J connectivity index is 1.36. The van der Waals surface area contributed by atoms with Crippen molar-refractivity contribution in [3.05, 3.63) is 71.0 Å². The first-order valence-electron chi connectivity index (χ1n) is 12.5. The zero-order valence-corrected chi connectivity index (χ0v) is 22.2. The summed E-state index contributed by atoms with van der Waals surface area (Å²) in [5, 5.41) is 9.28. The van der Waals surface area contributed by atoms with E-state index in [4.69, 9.17) is 9.15 Å². The standard InChI is InChI=1S/C26H30F3N3O6S/c1-18-23(30-25(38-18)20-7-9-21(10-8-20)26(27,28)29)11-14-37-22-6-4-5-19(15-22)16-32(17-24(33)34)39(35,36)31-12-2-3-13-31/h4-7,9-10,15,20H,2-3,8,11-14,16-17H2,1H3,(H,33,34). The highest BCUT2D eigenvalue weighted by molar-refractivity contribution is 7.86. The number of benzene rings is 1. The summed E-state index contributed by atoms with van der Waals surface area (Å²) >= 11 is 0. The highest BCUT2D eigenvalue weighted by atomic mass is 32.2. The van der Waals surface area contributed by atoms with Gasteiger partial charge in [-0.2, -0.15) is 30.2 Å². The summed E-state index contributed by atoms with van der Waals surface area (Å²) in [6.45, 7) is 1.92. The Bertz CT molecular complexity index is 1350. The molecular formula is C26H30F3N3O6S. The summed E-state index contributed by atoms with van der Waals surface area (Å²) in [5.41, 5.74) is 0.522. The van der Waals surface area contributed by atoms with E-state index in [0.717, 1.165) is 29.3 Å². The van der Waals surface area contributed by atoms with Gasteiger partial charge in [-0.1, -0.05) is 30.4 Å². The van der Waals surface area contributed by atoms with Gasteiger partial charge in [0.2, 0.25) is 5.89 Å². The fourth-order valence-electron chi connectivity index (χ4n) is 4.51. The fourth-order valence-corrected chi connectivity index (χ4v) is 6.14. The molecule has 2 aromatic rings. The average Bonchev–Trinajstić information content (AvgIpc) is 3.54. The number of nitrogens with zero attached hydrogens (tertiary/aromatic N) is 3. The van der Waals surface area contributed by atoms with Crippen molar-refractivity contribution in [2.24, 2.45) is 0 Å². The van der Waals surface area contributed by atoms with Gasteiger partial charge in [-0.15, -0.1) is 0 Å². The molecule has 1 saturated heterocycles. The van der Waals surface area contributed by atoms with E-state index in [9.17, 15) is 31.5 Å². The molecule has 0 bridgehead atoms. The van der Waals surface area contributed by atoms with Crippen molar-refractivity contribution >= 4 is 16.2 Å². The number of aromatic nitrogens is 1. The number of ether oxygens (including phenoxy) is 1. The van der Waals surface area contributed by atoms with E-state index in [1.165, 1.54) is 10.4 Å². The Morgan fingerprint density at radius 3 is 2.67 bits per heavy atom. The van der Waals surface area contributed by atoms with Crippen LogP contribution in [0.15, 0.2) is 52.5 Å². The molecule has 1 N–H and O–H groups in total. The second-order valence-electron chi connectivity index (χ2n) is 9.44. The number of oxazole rings is 1. The van der Waals surface area contributed by atoms with E-state index in [2.05, 4.69) is 4.98 Å². The molecule has 0 spiro atoms. The highest BCUT2D eigenvalue weighted by Crippen LogP contribution is 2.34. The van der Waals surface area contributed by atoms with Crippen LogP contribution in [0.1, 0.15) is 48.1 Å². The summed E-state index contributed by atoms with van der Waals surface area (Å²) in [4.78, 5) is 15.8. The number of aryl methyl sites for hydroxylation is 1. The molecule has 1 aromatic carbocycles. The normalized spacial score (nSPS) is 18.5. The second-order valence-corrected chi connectivity index (χ2v) is 11.4. The van der Waals surface area contributed by atoms with Gasteiger partial charge in [0.25, 0.3) is 10.2 Å². The van der Waals surface area contributed by atoms with E-state index >= 15 is 0 Å². The number of halogens is 3. The molecule has 1 aliphatic carbocycles. The van der Waals surface area contributed by atoms with Gasteiger partial charge in [0.15, 0.2) is 0 Å². The summed E-state index contributed by atoms with van der Waals surface area (Å²) in [6, 6.07) is 6.76. The molecular weight excluding hydrogens is 539 g/mol. The fraction of sp³-hybridized carbons (Fsp3) is 0.462. The minimum absolute atomic E-state index is 0.118. The average molecular weight is 570 g/mol. The van der Waals surface area contributed by atoms with Crippen LogP contribution in [0.2, 0.25) is 0 Å². The lowest BCUT2D eigenvalue weighted by Gasteiger charge is -2.26. The Morgan fingerprint density at radius 1 is 1.28 bits per heavy atom. The minimum Gasteiger partial charge on any atom is -0.493 e. The third-order valence-electron chi connectivity index (χ3n) is 6.55. The van der Waals surface area contributed by atoms with Crippen molar-refractivity contribution in [2.45, 2.75) is 51.2 Å². The minimum atomic E-state index is -4.38. The van der Waals surface area contributed by atoms with Gasteiger partial charge in [-0.25, -0.2) is 4.98 Å². The maximum absolute atomic E-state index is 13.0. The highest BCUT2D eigenvalue weighted by Gasteiger charge is 2.34. The van der Waals surface area contributed by atoms with Gasteiger partial charge in [0, 0.05) is 26.1 Å². The Morgan fingerprint density at radius 2 is 2.03 bits per heavy atom. The van der Waals surface area contributed by atoms with Crippen LogP contribution in [-0.2, 0) is 28.0 Å². The molecule has 4 rings (SSSR count). The topological polar surface area (TPSA) is 113 Å². The summed E-state index contributed by atoms with van der Waals surface area (Å²) in [6.07, 6.45) is 1.23. The van der Waals surface area contributed by atoms with Crippen LogP contribution < -0.4 is 4.74 Å². The molecule has 0 radical (unpaired) electrons. The van der Waals surface area contributed by atoms with Gasteiger partial charge in [-0.3, -0.25) is 4.79 Å². The van der Waals surface area contributed by atoms with Crippen molar-refractivity contribution in [1.82, 2.24) is 13.6 Å². The number of hydrogen-bond donors (Lipinski definition) is 1. The summed E-state index contributed by atoms with van der Waals surface area (Å²) < 4.78 is 78.3. The quantitative estimate of drug-likeness (QED) is 0.428. The SMILES string of the molecule is Cc1oc(C2C=CC(C(F)(F)F)=CC2)nc1CCOc1cccc(CN(CC(=O)O)S(=O)(=O)N2CCCC2)c1. The smallest absolute Gasteiger partial charge is 0.416 e. The van der Waals surface area contributed by atoms with Crippen LogP contribution >= 0.6 is 0 Å². The number of carboxylic acid groups (broad SMARTS) is 1. The molecule has 1 fully saturated rings. The molecule has 9 nitrogen and oxygen atoms in total. The Hall–Kier alpha value is -3.16. The maximum Gasteiger partial charge on any atom is 0.416 e. The van der Waals surface area contributed by atoms with Crippen molar-refractivity contribution in [3.63, 3.8) is 0 Å². The monoisotopic (exact) mass is 569 g/mol. The van der Waals surface area contributed by atoms with E-state index < -0.39 is 34.5 Å². The van der Waals surface area contributed by atoms with Crippen molar-refractivity contribution in [2.75, 3.05) is 26.2 Å².